The Labute approximate surface area is 184 Å². The summed E-state index contributed by atoms with van der Waals surface area (Å²) in [4.78, 5) is 36.8. The molecule has 0 bridgehead atoms. The zero-order chi connectivity index (χ0) is 22.1. The molecule has 2 aliphatic rings. The van der Waals surface area contributed by atoms with Crippen molar-refractivity contribution in [3.05, 3.63) is 59.9 Å². The second-order valence-corrected chi connectivity index (χ2v) is 9.25. The highest BCUT2D eigenvalue weighted by Gasteiger charge is 2.42. The van der Waals surface area contributed by atoms with E-state index < -0.39 is 11.3 Å². The number of rotatable bonds is 5. The number of anilines is 1. The fraction of sp³-hybridized carbons (Fsp3) is 0.304. The maximum Gasteiger partial charge on any atom is 0.259 e. The van der Waals surface area contributed by atoms with E-state index >= 15 is 0 Å². The van der Waals surface area contributed by atoms with Crippen molar-refractivity contribution in [1.29, 1.82) is 0 Å². The number of hydrogen-bond donors (Lipinski definition) is 1. The smallest absolute Gasteiger partial charge is 0.259 e. The van der Waals surface area contributed by atoms with Crippen LogP contribution in [-0.2, 0) is 9.59 Å². The predicted octanol–water partition coefficient (Wildman–Crippen LogP) is 4.59. The van der Waals surface area contributed by atoms with Gasteiger partial charge in [0.25, 0.3) is 5.91 Å². The number of amidine groups is 2. The normalized spacial score (nSPS) is 18.3. The molecule has 0 radical (unpaired) electrons. The van der Waals surface area contributed by atoms with E-state index in [0.717, 1.165) is 11.3 Å². The lowest BCUT2D eigenvalue weighted by atomic mass is 10.0. The van der Waals surface area contributed by atoms with Crippen molar-refractivity contribution in [3.8, 4) is 0 Å². The van der Waals surface area contributed by atoms with Crippen molar-refractivity contribution >= 4 is 46.0 Å². The second-order valence-electron chi connectivity index (χ2n) is 7.94. The van der Waals surface area contributed by atoms with Crippen molar-refractivity contribution in [2.45, 2.75) is 38.5 Å². The van der Waals surface area contributed by atoms with E-state index in [0.29, 0.717) is 29.0 Å². The number of carbonyl (C=O) groups is 2. The number of nitrogens with zero attached hydrogens (tertiary/aromatic N) is 3. The molecule has 0 aliphatic carbocycles. The largest absolute Gasteiger partial charge is 0.325 e. The van der Waals surface area contributed by atoms with Gasteiger partial charge >= 0.3 is 0 Å². The summed E-state index contributed by atoms with van der Waals surface area (Å²) < 4.78 is 13.1. The first kappa shape index (κ1) is 21.2. The number of amides is 2. The van der Waals surface area contributed by atoms with Crippen molar-refractivity contribution in [3.63, 3.8) is 0 Å². The molecule has 0 spiro atoms. The van der Waals surface area contributed by atoms with Crippen LogP contribution in [0, 0.1) is 11.7 Å². The molecule has 0 saturated heterocycles. The van der Waals surface area contributed by atoms with Crippen LogP contribution in [-0.4, -0.2) is 39.0 Å². The summed E-state index contributed by atoms with van der Waals surface area (Å²) in [5.74, 6) is 0.168. The number of para-hydroxylation sites is 1. The summed E-state index contributed by atoms with van der Waals surface area (Å²) in [6, 6.07) is 12.7. The Hall–Kier alpha value is -3.00. The van der Waals surface area contributed by atoms with Gasteiger partial charge in [-0.15, -0.1) is 0 Å². The number of aliphatic imine (C=N–C) groups is 2. The third kappa shape index (κ3) is 4.39. The maximum absolute atomic E-state index is 13.2. The average Bonchev–Trinajstić information content (AvgIpc) is 3.06. The Morgan fingerprint density at radius 3 is 2.58 bits per heavy atom. The number of nitrogens with one attached hydrogen (secondary N) is 1. The summed E-state index contributed by atoms with van der Waals surface area (Å²) in [5.41, 5.74) is 2.05. The van der Waals surface area contributed by atoms with E-state index in [1.165, 1.54) is 36.0 Å². The molecule has 2 atom stereocenters. The number of benzene rings is 2. The fourth-order valence-corrected chi connectivity index (χ4v) is 4.39. The van der Waals surface area contributed by atoms with E-state index in [4.69, 9.17) is 4.99 Å². The van der Waals surface area contributed by atoms with Gasteiger partial charge in [0.1, 0.15) is 17.7 Å². The highest BCUT2D eigenvalue weighted by Crippen LogP contribution is 2.35. The van der Waals surface area contributed by atoms with Gasteiger partial charge in [0.05, 0.1) is 10.9 Å². The lowest BCUT2D eigenvalue weighted by Gasteiger charge is -2.27. The van der Waals surface area contributed by atoms with Gasteiger partial charge in [0, 0.05) is 11.3 Å². The fourth-order valence-electron chi connectivity index (χ4n) is 3.47. The Balaban J connectivity index is 1.58. The lowest BCUT2D eigenvalue weighted by Crippen LogP contribution is -2.42. The molecule has 31 heavy (non-hydrogen) atoms. The molecule has 0 fully saturated rings. The van der Waals surface area contributed by atoms with Crippen LogP contribution in [0.25, 0.3) is 0 Å². The number of hydrogen-bond acceptors (Lipinski definition) is 5. The minimum absolute atomic E-state index is 0.115. The van der Waals surface area contributed by atoms with Gasteiger partial charge in [-0.3, -0.25) is 14.6 Å². The van der Waals surface area contributed by atoms with Crippen LogP contribution in [0.4, 0.5) is 15.8 Å². The van der Waals surface area contributed by atoms with Crippen LogP contribution in [0.15, 0.2) is 58.5 Å². The maximum atomic E-state index is 13.2. The molecule has 160 valence electrons. The van der Waals surface area contributed by atoms with Gasteiger partial charge < -0.3 is 5.32 Å². The molecule has 4 rings (SSSR count). The van der Waals surface area contributed by atoms with Crippen LogP contribution in [0.5, 0.6) is 0 Å². The minimum Gasteiger partial charge on any atom is -0.325 e. The van der Waals surface area contributed by atoms with Crippen LogP contribution in [0.2, 0.25) is 0 Å². The Morgan fingerprint density at radius 1 is 1.16 bits per heavy atom. The Morgan fingerprint density at radius 2 is 1.87 bits per heavy atom. The number of fused-ring (bicyclic) bond motifs is 3. The summed E-state index contributed by atoms with van der Waals surface area (Å²) in [6.45, 7) is 5.87. The Kier molecular flexibility index (Phi) is 5.91. The summed E-state index contributed by atoms with van der Waals surface area (Å²) in [5, 5.41) is 2.67. The van der Waals surface area contributed by atoms with E-state index in [2.05, 4.69) is 24.2 Å². The lowest BCUT2D eigenvalue weighted by molar-refractivity contribution is -0.125. The summed E-state index contributed by atoms with van der Waals surface area (Å²) in [7, 11) is 0. The van der Waals surface area contributed by atoms with Crippen LogP contribution in [0.3, 0.4) is 0 Å². The molecule has 2 aromatic rings. The van der Waals surface area contributed by atoms with Gasteiger partial charge in [-0.2, -0.15) is 0 Å². The van der Waals surface area contributed by atoms with Crippen molar-refractivity contribution < 1.29 is 14.0 Å². The monoisotopic (exact) mass is 438 g/mol. The van der Waals surface area contributed by atoms with Crippen LogP contribution < -0.4 is 5.32 Å². The van der Waals surface area contributed by atoms with Gasteiger partial charge in [-0.25, -0.2) is 14.3 Å². The van der Waals surface area contributed by atoms with Crippen molar-refractivity contribution in [2.24, 2.45) is 15.9 Å². The number of carbonyl (C=O) groups excluding carboxylic acids is 2. The molecule has 1 N–H and O–H groups in total. The molecular formula is C23H23FN4O2S. The molecule has 0 aromatic heterocycles. The highest BCUT2D eigenvalue weighted by molar-refractivity contribution is 8.15. The molecule has 0 unspecified atom stereocenters. The molecule has 2 aromatic carbocycles. The van der Waals surface area contributed by atoms with Crippen LogP contribution in [0.1, 0.15) is 32.8 Å². The highest BCUT2D eigenvalue weighted by atomic mass is 32.2. The van der Waals surface area contributed by atoms with Gasteiger partial charge in [-0.1, -0.05) is 37.7 Å². The first-order chi connectivity index (χ1) is 14.8. The first-order valence-corrected chi connectivity index (χ1v) is 11.0. The van der Waals surface area contributed by atoms with E-state index in [9.17, 15) is 14.0 Å². The van der Waals surface area contributed by atoms with E-state index in [-0.39, 0.29) is 17.6 Å². The summed E-state index contributed by atoms with van der Waals surface area (Å²) in [6.07, 6.45) is 0.652. The average molecular weight is 439 g/mol. The molecule has 2 aliphatic heterocycles. The zero-order valence-electron chi connectivity index (χ0n) is 17.5. The van der Waals surface area contributed by atoms with Gasteiger partial charge in [-0.05, 0) is 55.7 Å². The number of halogens is 1. The predicted molar refractivity (Wildman–Crippen MR) is 122 cm³/mol. The van der Waals surface area contributed by atoms with Crippen molar-refractivity contribution in [1.82, 2.24) is 4.90 Å². The zero-order valence-corrected chi connectivity index (χ0v) is 18.3. The quantitative estimate of drug-likeness (QED) is 0.742. The SMILES string of the molecule is CC(C)C[C@@H]1N=C2c3ccccc3N=C(S[C@H](C)C(=O)Nc3ccc(F)cc3)N2C1=O. The number of thioether (sulfide) groups is 1. The molecular weight excluding hydrogens is 415 g/mol. The molecule has 2 heterocycles. The third-order valence-electron chi connectivity index (χ3n) is 5.01. The first-order valence-electron chi connectivity index (χ1n) is 10.2. The Bertz CT molecular complexity index is 1080. The van der Waals surface area contributed by atoms with E-state index in [1.807, 2.05) is 24.3 Å². The topological polar surface area (TPSA) is 74.1 Å². The minimum atomic E-state index is -0.535. The van der Waals surface area contributed by atoms with Crippen LogP contribution >= 0.6 is 11.8 Å². The molecule has 6 nitrogen and oxygen atoms in total. The summed E-state index contributed by atoms with van der Waals surface area (Å²) >= 11 is 1.20. The third-order valence-corrected chi connectivity index (χ3v) is 6.06. The molecule has 0 saturated carbocycles. The van der Waals surface area contributed by atoms with E-state index in [1.54, 1.807) is 11.8 Å². The standard InChI is InChI=1S/C23H23FN4O2S/c1-13(2)12-19-22(30)28-20(26-19)17-6-4-5-7-18(17)27-23(28)31-14(3)21(29)25-16-10-8-15(24)9-11-16/h4-11,13-14,19H,12H2,1-3H3,(H,25,29)/t14-,19+/m1/s1. The molecule has 2 amide bonds. The molecule has 8 heteroatoms. The van der Waals surface area contributed by atoms with Gasteiger partial charge in [0.2, 0.25) is 5.91 Å². The van der Waals surface area contributed by atoms with Gasteiger partial charge in [0.15, 0.2) is 5.17 Å². The van der Waals surface area contributed by atoms with Crippen molar-refractivity contribution in [2.75, 3.05) is 5.32 Å². The second kappa shape index (κ2) is 8.63.